The van der Waals surface area contributed by atoms with E-state index in [0.29, 0.717) is 17.2 Å². The molecule has 0 aliphatic carbocycles. The fraction of sp³-hybridized carbons (Fsp3) is 0.0833. The van der Waals surface area contributed by atoms with Crippen molar-refractivity contribution in [2.45, 2.75) is 0 Å². The van der Waals surface area contributed by atoms with Gasteiger partial charge in [-0.05, 0) is 24.3 Å². The minimum atomic E-state index is -0.313. The summed E-state index contributed by atoms with van der Waals surface area (Å²) >= 11 is 0. The highest BCUT2D eigenvalue weighted by Crippen LogP contribution is 2.26. The summed E-state index contributed by atoms with van der Waals surface area (Å²) < 4.78 is 13.6. The quantitative estimate of drug-likeness (QED) is 0.832. The topological polar surface area (TPSA) is 68.2 Å². The van der Waals surface area contributed by atoms with Crippen LogP contribution >= 0.6 is 0 Å². The Morgan fingerprint density at radius 3 is 2.47 bits per heavy atom. The van der Waals surface area contributed by atoms with Crippen LogP contribution in [0.2, 0.25) is 0 Å². The first-order valence-corrected chi connectivity index (χ1v) is 5.10. The Labute approximate surface area is 98.7 Å². The second kappa shape index (κ2) is 4.29. The standard InChI is InChI=1S/C12H13FN4/c1-17(10-5-3-2-4-8(10)13)11-7-6-9(14)12(15)16-11/h2-7H,14H2,1H3,(H2,15,16). The molecule has 4 nitrogen and oxygen atoms in total. The van der Waals surface area contributed by atoms with Gasteiger partial charge in [0.15, 0.2) is 0 Å². The van der Waals surface area contributed by atoms with Crippen LogP contribution in [0.4, 0.5) is 27.4 Å². The maximum Gasteiger partial charge on any atom is 0.149 e. The van der Waals surface area contributed by atoms with E-state index < -0.39 is 0 Å². The second-order valence-corrected chi connectivity index (χ2v) is 3.65. The fourth-order valence-corrected chi connectivity index (χ4v) is 1.51. The normalized spacial score (nSPS) is 10.2. The summed E-state index contributed by atoms with van der Waals surface area (Å²) in [6, 6.07) is 9.80. The van der Waals surface area contributed by atoms with E-state index in [0.717, 1.165) is 0 Å². The van der Waals surface area contributed by atoms with Crippen molar-refractivity contribution in [2.24, 2.45) is 0 Å². The number of nitrogens with zero attached hydrogens (tertiary/aromatic N) is 2. The van der Waals surface area contributed by atoms with E-state index in [1.165, 1.54) is 6.07 Å². The zero-order valence-corrected chi connectivity index (χ0v) is 9.39. The van der Waals surface area contributed by atoms with E-state index >= 15 is 0 Å². The molecule has 4 N–H and O–H groups in total. The summed E-state index contributed by atoms with van der Waals surface area (Å²) in [7, 11) is 1.72. The molecule has 0 atom stereocenters. The first kappa shape index (κ1) is 11.2. The summed E-state index contributed by atoms with van der Waals surface area (Å²) in [6.45, 7) is 0. The number of aromatic nitrogens is 1. The monoisotopic (exact) mass is 232 g/mol. The highest BCUT2D eigenvalue weighted by Gasteiger charge is 2.10. The van der Waals surface area contributed by atoms with Crippen molar-refractivity contribution in [3.8, 4) is 0 Å². The minimum Gasteiger partial charge on any atom is -0.396 e. The molecule has 0 aliphatic heterocycles. The maximum absolute atomic E-state index is 13.6. The Hall–Kier alpha value is -2.30. The molecule has 1 heterocycles. The van der Waals surface area contributed by atoms with Gasteiger partial charge in [-0.3, -0.25) is 0 Å². The van der Waals surface area contributed by atoms with Crippen molar-refractivity contribution >= 4 is 23.0 Å². The van der Waals surface area contributed by atoms with Crippen molar-refractivity contribution in [3.05, 3.63) is 42.2 Å². The van der Waals surface area contributed by atoms with Gasteiger partial charge >= 0.3 is 0 Å². The SMILES string of the molecule is CN(c1ccc(N)c(N)n1)c1ccccc1F. The third-order valence-corrected chi connectivity index (χ3v) is 2.50. The first-order valence-electron chi connectivity index (χ1n) is 5.10. The number of halogens is 1. The third-order valence-electron chi connectivity index (χ3n) is 2.50. The lowest BCUT2D eigenvalue weighted by Gasteiger charge is -2.19. The summed E-state index contributed by atoms with van der Waals surface area (Å²) in [4.78, 5) is 5.72. The van der Waals surface area contributed by atoms with E-state index in [2.05, 4.69) is 4.98 Å². The number of pyridine rings is 1. The average molecular weight is 232 g/mol. The number of nitrogens with two attached hydrogens (primary N) is 2. The van der Waals surface area contributed by atoms with Crippen molar-refractivity contribution in [1.82, 2.24) is 4.98 Å². The molecule has 5 heteroatoms. The van der Waals surface area contributed by atoms with Crippen LogP contribution in [-0.4, -0.2) is 12.0 Å². The van der Waals surface area contributed by atoms with Gasteiger partial charge in [0.2, 0.25) is 0 Å². The van der Waals surface area contributed by atoms with Gasteiger partial charge in [0.05, 0.1) is 11.4 Å². The van der Waals surface area contributed by atoms with Gasteiger partial charge in [-0.25, -0.2) is 9.37 Å². The number of rotatable bonds is 2. The van der Waals surface area contributed by atoms with Gasteiger partial charge in [-0.1, -0.05) is 12.1 Å². The molecular weight excluding hydrogens is 219 g/mol. The van der Waals surface area contributed by atoms with Crippen LogP contribution in [0.3, 0.4) is 0 Å². The lowest BCUT2D eigenvalue weighted by atomic mass is 10.2. The largest absolute Gasteiger partial charge is 0.396 e. The van der Waals surface area contributed by atoms with Crippen LogP contribution in [0.1, 0.15) is 0 Å². The predicted molar refractivity (Wildman–Crippen MR) is 67.5 cm³/mol. The molecule has 0 fully saturated rings. The average Bonchev–Trinajstić information content (AvgIpc) is 2.32. The van der Waals surface area contributed by atoms with Gasteiger partial charge < -0.3 is 16.4 Å². The molecule has 0 spiro atoms. The lowest BCUT2D eigenvalue weighted by molar-refractivity contribution is 0.627. The molecule has 0 aliphatic rings. The summed E-state index contributed by atoms with van der Waals surface area (Å²) in [5.74, 6) is 0.472. The summed E-state index contributed by atoms with van der Waals surface area (Å²) in [6.07, 6.45) is 0. The lowest BCUT2D eigenvalue weighted by Crippen LogP contribution is -2.13. The van der Waals surface area contributed by atoms with Crippen LogP contribution in [0.15, 0.2) is 36.4 Å². The van der Waals surface area contributed by atoms with Crippen molar-refractivity contribution in [2.75, 3.05) is 23.4 Å². The highest BCUT2D eigenvalue weighted by molar-refractivity contribution is 5.66. The molecule has 17 heavy (non-hydrogen) atoms. The molecule has 2 rings (SSSR count). The number of nitrogen functional groups attached to an aromatic ring is 2. The minimum absolute atomic E-state index is 0.241. The van der Waals surface area contributed by atoms with Gasteiger partial charge in [0.25, 0.3) is 0 Å². The molecule has 0 bridgehead atoms. The Balaban J connectivity index is 2.40. The second-order valence-electron chi connectivity index (χ2n) is 3.65. The zero-order valence-electron chi connectivity index (χ0n) is 9.39. The van der Waals surface area contributed by atoms with Crippen molar-refractivity contribution in [3.63, 3.8) is 0 Å². The third kappa shape index (κ3) is 2.13. The van der Waals surface area contributed by atoms with Crippen molar-refractivity contribution in [1.29, 1.82) is 0 Å². The number of hydrogen-bond acceptors (Lipinski definition) is 4. The van der Waals surface area contributed by atoms with Gasteiger partial charge in [-0.15, -0.1) is 0 Å². The smallest absolute Gasteiger partial charge is 0.149 e. The van der Waals surface area contributed by atoms with Gasteiger partial charge in [-0.2, -0.15) is 0 Å². The summed E-state index contributed by atoms with van der Waals surface area (Å²) in [5.41, 5.74) is 12.0. The van der Waals surface area contributed by atoms with Crippen molar-refractivity contribution < 1.29 is 4.39 Å². The molecule has 1 aromatic heterocycles. The van der Waals surface area contributed by atoms with Crippen LogP contribution < -0.4 is 16.4 Å². The Kier molecular flexibility index (Phi) is 2.82. The molecule has 0 saturated carbocycles. The van der Waals surface area contributed by atoms with Crippen LogP contribution in [0, 0.1) is 5.82 Å². The molecule has 2 aromatic rings. The number of para-hydroxylation sites is 1. The van der Waals surface area contributed by atoms with E-state index in [-0.39, 0.29) is 11.6 Å². The Morgan fingerprint density at radius 2 is 1.82 bits per heavy atom. The molecule has 88 valence electrons. The van der Waals surface area contributed by atoms with Gasteiger partial charge in [0.1, 0.15) is 17.5 Å². The van der Waals surface area contributed by atoms with Crippen LogP contribution in [0.5, 0.6) is 0 Å². The van der Waals surface area contributed by atoms with E-state index in [1.807, 2.05) is 0 Å². The highest BCUT2D eigenvalue weighted by atomic mass is 19.1. The maximum atomic E-state index is 13.6. The van der Waals surface area contributed by atoms with E-state index in [4.69, 9.17) is 11.5 Å². The van der Waals surface area contributed by atoms with E-state index in [1.54, 1.807) is 42.3 Å². The number of hydrogen-bond donors (Lipinski definition) is 2. The molecule has 0 unspecified atom stereocenters. The molecular formula is C12H13FN4. The van der Waals surface area contributed by atoms with E-state index in [9.17, 15) is 4.39 Å². The Morgan fingerprint density at radius 1 is 1.12 bits per heavy atom. The fourth-order valence-electron chi connectivity index (χ4n) is 1.51. The number of benzene rings is 1. The molecule has 1 aromatic carbocycles. The molecule has 0 amide bonds. The Bertz CT molecular complexity index is 542. The first-order chi connectivity index (χ1) is 8.09. The number of anilines is 4. The molecule has 0 saturated heterocycles. The summed E-state index contributed by atoms with van der Waals surface area (Å²) in [5, 5.41) is 0. The van der Waals surface area contributed by atoms with Crippen LogP contribution in [0.25, 0.3) is 0 Å². The zero-order chi connectivity index (χ0) is 12.4. The molecule has 0 radical (unpaired) electrons. The predicted octanol–water partition coefficient (Wildman–Crippen LogP) is 2.15. The van der Waals surface area contributed by atoms with Gasteiger partial charge in [0, 0.05) is 7.05 Å². The van der Waals surface area contributed by atoms with Crippen LogP contribution in [-0.2, 0) is 0 Å².